The number of hydrogen-bond acceptors (Lipinski definition) is 2. The summed E-state index contributed by atoms with van der Waals surface area (Å²) in [5.74, 6) is 0. The summed E-state index contributed by atoms with van der Waals surface area (Å²) in [5.41, 5.74) is 3.59. The van der Waals surface area contributed by atoms with Gasteiger partial charge in [-0.05, 0) is 43.7 Å². The van der Waals surface area contributed by atoms with Crippen LogP contribution in [0.4, 0.5) is 16.2 Å². The first kappa shape index (κ1) is 19.5. The molecule has 0 saturated carbocycles. The van der Waals surface area contributed by atoms with E-state index in [1.54, 1.807) is 22.9 Å². The second-order valence-corrected chi connectivity index (χ2v) is 7.25. The van der Waals surface area contributed by atoms with Crippen LogP contribution >= 0.6 is 34.8 Å². The van der Waals surface area contributed by atoms with E-state index in [9.17, 15) is 4.79 Å². The van der Waals surface area contributed by atoms with Crippen LogP contribution in [0.25, 0.3) is 0 Å². The second kappa shape index (κ2) is 8.21. The van der Waals surface area contributed by atoms with Crippen molar-refractivity contribution in [2.45, 2.75) is 20.4 Å². The number of urea groups is 1. The van der Waals surface area contributed by atoms with Gasteiger partial charge in [0.1, 0.15) is 0 Å². The highest BCUT2D eigenvalue weighted by Crippen LogP contribution is 2.26. The van der Waals surface area contributed by atoms with Gasteiger partial charge in [0, 0.05) is 10.0 Å². The number of aromatic nitrogens is 2. The van der Waals surface area contributed by atoms with Crippen molar-refractivity contribution in [3.05, 3.63) is 74.5 Å². The van der Waals surface area contributed by atoms with Crippen LogP contribution in [0, 0.1) is 13.8 Å². The Kier molecular flexibility index (Phi) is 5.95. The molecular weight excluding hydrogens is 407 g/mol. The molecule has 0 radical (unpaired) electrons. The molecule has 0 atom stereocenters. The minimum Gasteiger partial charge on any atom is -0.306 e. The number of nitrogens with zero attached hydrogens (tertiary/aromatic N) is 2. The average Bonchev–Trinajstić information content (AvgIpc) is 2.87. The SMILES string of the molecule is Cc1nn(Cc2ccccc2Cl)c(C)c1NC(=O)Nc1ccc(Cl)cc1Cl. The highest BCUT2D eigenvalue weighted by molar-refractivity contribution is 6.36. The normalized spacial score (nSPS) is 10.7. The molecule has 1 aromatic heterocycles. The molecule has 2 aromatic carbocycles. The van der Waals surface area contributed by atoms with E-state index in [-0.39, 0.29) is 0 Å². The fourth-order valence-corrected chi connectivity index (χ4v) is 3.33. The second-order valence-electron chi connectivity index (χ2n) is 6.00. The minimum absolute atomic E-state index is 0.362. The van der Waals surface area contributed by atoms with Gasteiger partial charge >= 0.3 is 6.03 Å². The summed E-state index contributed by atoms with van der Waals surface area (Å²) < 4.78 is 1.81. The van der Waals surface area contributed by atoms with E-state index in [0.29, 0.717) is 38.7 Å². The first-order valence-electron chi connectivity index (χ1n) is 8.15. The molecule has 3 rings (SSSR count). The highest BCUT2D eigenvalue weighted by Gasteiger charge is 2.16. The summed E-state index contributed by atoms with van der Waals surface area (Å²) in [5, 5.41) is 11.6. The highest BCUT2D eigenvalue weighted by atomic mass is 35.5. The van der Waals surface area contributed by atoms with E-state index in [0.717, 1.165) is 11.3 Å². The Morgan fingerprint density at radius 1 is 1.04 bits per heavy atom. The quantitative estimate of drug-likeness (QED) is 0.528. The molecule has 0 spiro atoms. The molecule has 0 aliphatic heterocycles. The zero-order valence-electron chi connectivity index (χ0n) is 14.7. The lowest BCUT2D eigenvalue weighted by molar-refractivity contribution is 0.262. The number of amides is 2. The standard InChI is InChI=1S/C19H17Cl3N4O/c1-11-18(24-19(27)23-17-8-7-14(20)9-16(17)22)12(2)26(25-11)10-13-5-3-4-6-15(13)21/h3-9H,10H2,1-2H3,(H2,23,24,27). The summed E-state index contributed by atoms with van der Waals surface area (Å²) in [6, 6.07) is 12.0. The van der Waals surface area contributed by atoms with Crippen molar-refractivity contribution >= 4 is 52.2 Å². The van der Waals surface area contributed by atoms with Crippen LogP contribution in [0.3, 0.4) is 0 Å². The smallest absolute Gasteiger partial charge is 0.306 e. The molecule has 0 saturated heterocycles. The molecule has 8 heteroatoms. The summed E-state index contributed by atoms with van der Waals surface area (Å²) in [7, 11) is 0. The topological polar surface area (TPSA) is 59.0 Å². The zero-order chi connectivity index (χ0) is 19.6. The van der Waals surface area contributed by atoms with Crippen molar-refractivity contribution in [3.8, 4) is 0 Å². The van der Waals surface area contributed by atoms with Gasteiger partial charge in [0.15, 0.2) is 0 Å². The Morgan fingerprint density at radius 2 is 1.78 bits per heavy atom. The first-order chi connectivity index (χ1) is 12.8. The van der Waals surface area contributed by atoms with Gasteiger partial charge in [-0.15, -0.1) is 0 Å². The molecular formula is C19H17Cl3N4O. The van der Waals surface area contributed by atoms with Crippen molar-refractivity contribution in [1.82, 2.24) is 9.78 Å². The molecule has 2 N–H and O–H groups in total. The number of benzene rings is 2. The molecule has 1 heterocycles. The Hall–Kier alpha value is -2.21. The van der Waals surface area contributed by atoms with Crippen molar-refractivity contribution in [3.63, 3.8) is 0 Å². The van der Waals surface area contributed by atoms with Crippen molar-refractivity contribution in [2.24, 2.45) is 0 Å². The van der Waals surface area contributed by atoms with Crippen LogP contribution in [0.1, 0.15) is 17.0 Å². The Morgan fingerprint density at radius 3 is 2.48 bits per heavy atom. The van der Waals surface area contributed by atoms with Crippen LogP contribution in [0.2, 0.25) is 15.1 Å². The monoisotopic (exact) mass is 422 g/mol. The molecule has 140 valence electrons. The Bertz CT molecular complexity index is 1000. The number of halogens is 3. The van der Waals surface area contributed by atoms with Crippen LogP contribution in [-0.2, 0) is 6.54 Å². The molecule has 0 aliphatic rings. The third kappa shape index (κ3) is 4.56. The van der Waals surface area contributed by atoms with Crippen LogP contribution in [0.15, 0.2) is 42.5 Å². The zero-order valence-corrected chi connectivity index (χ0v) is 17.0. The van der Waals surface area contributed by atoms with E-state index in [2.05, 4.69) is 15.7 Å². The van der Waals surface area contributed by atoms with Crippen LogP contribution in [-0.4, -0.2) is 15.8 Å². The molecule has 0 unspecified atom stereocenters. The molecule has 3 aromatic rings. The summed E-state index contributed by atoms with van der Waals surface area (Å²) >= 11 is 18.2. The number of anilines is 2. The molecule has 0 aliphatic carbocycles. The van der Waals surface area contributed by atoms with Crippen LogP contribution < -0.4 is 10.6 Å². The fourth-order valence-electron chi connectivity index (χ4n) is 2.68. The Labute approximate surface area is 172 Å². The number of hydrogen-bond donors (Lipinski definition) is 2. The van der Waals surface area contributed by atoms with Gasteiger partial charge in [-0.2, -0.15) is 5.10 Å². The first-order valence-corrected chi connectivity index (χ1v) is 9.29. The van der Waals surface area contributed by atoms with Gasteiger partial charge in [0.05, 0.1) is 34.3 Å². The lowest BCUT2D eigenvalue weighted by Crippen LogP contribution is -2.20. The number of carbonyl (C=O) groups is 1. The van der Waals surface area contributed by atoms with E-state index in [1.807, 2.05) is 38.1 Å². The summed E-state index contributed by atoms with van der Waals surface area (Å²) in [4.78, 5) is 12.4. The number of aryl methyl sites for hydroxylation is 1. The fraction of sp³-hybridized carbons (Fsp3) is 0.158. The van der Waals surface area contributed by atoms with E-state index in [4.69, 9.17) is 34.8 Å². The van der Waals surface area contributed by atoms with Gasteiger partial charge in [0.2, 0.25) is 0 Å². The lowest BCUT2D eigenvalue weighted by Gasteiger charge is -2.10. The maximum absolute atomic E-state index is 12.4. The van der Waals surface area contributed by atoms with E-state index >= 15 is 0 Å². The average molecular weight is 424 g/mol. The van der Waals surface area contributed by atoms with Crippen molar-refractivity contribution in [2.75, 3.05) is 10.6 Å². The van der Waals surface area contributed by atoms with Gasteiger partial charge in [-0.25, -0.2) is 4.79 Å². The number of rotatable bonds is 4. The predicted molar refractivity (Wildman–Crippen MR) is 111 cm³/mol. The third-order valence-corrected chi connectivity index (χ3v) is 4.99. The molecule has 0 bridgehead atoms. The van der Waals surface area contributed by atoms with Crippen molar-refractivity contribution in [1.29, 1.82) is 0 Å². The summed E-state index contributed by atoms with van der Waals surface area (Å²) in [6.07, 6.45) is 0. The molecule has 27 heavy (non-hydrogen) atoms. The maximum Gasteiger partial charge on any atom is 0.323 e. The Balaban J connectivity index is 1.76. The van der Waals surface area contributed by atoms with Gasteiger partial charge in [-0.3, -0.25) is 4.68 Å². The molecule has 5 nitrogen and oxygen atoms in total. The lowest BCUT2D eigenvalue weighted by atomic mass is 10.2. The van der Waals surface area contributed by atoms with E-state index < -0.39 is 6.03 Å². The van der Waals surface area contributed by atoms with E-state index in [1.165, 1.54) is 0 Å². The van der Waals surface area contributed by atoms with Gasteiger partial charge in [-0.1, -0.05) is 53.0 Å². The van der Waals surface area contributed by atoms with Crippen LogP contribution in [0.5, 0.6) is 0 Å². The molecule has 0 fully saturated rings. The largest absolute Gasteiger partial charge is 0.323 e. The number of nitrogens with one attached hydrogen (secondary N) is 2. The van der Waals surface area contributed by atoms with Gasteiger partial charge in [0.25, 0.3) is 0 Å². The maximum atomic E-state index is 12.4. The van der Waals surface area contributed by atoms with Crippen molar-refractivity contribution < 1.29 is 4.79 Å². The summed E-state index contributed by atoms with van der Waals surface area (Å²) in [6.45, 7) is 4.24. The van der Waals surface area contributed by atoms with Gasteiger partial charge < -0.3 is 10.6 Å². The number of carbonyl (C=O) groups excluding carboxylic acids is 1. The molecule has 2 amide bonds. The third-order valence-electron chi connectivity index (χ3n) is 4.08. The predicted octanol–water partition coefficient (Wildman–Crippen LogP) is 6.15. The minimum atomic E-state index is -0.414.